The van der Waals surface area contributed by atoms with Crippen molar-refractivity contribution in [2.45, 2.75) is 24.5 Å². The highest BCUT2D eigenvalue weighted by Gasteiger charge is 2.43. The minimum atomic E-state index is -1.33. The predicted molar refractivity (Wildman–Crippen MR) is 64.0 cm³/mol. The fourth-order valence-electron chi connectivity index (χ4n) is 2.25. The summed E-state index contributed by atoms with van der Waals surface area (Å²) in [5.41, 5.74) is -1.36. The van der Waals surface area contributed by atoms with Crippen molar-refractivity contribution in [1.29, 1.82) is 0 Å². The molecule has 3 rings (SSSR count). The summed E-state index contributed by atoms with van der Waals surface area (Å²) in [6.07, 6.45) is -3.43. The lowest BCUT2D eigenvalue weighted by molar-refractivity contribution is -0.0511. The molecule has 1 fully saturated rings. The number of imidazole rings is 1. The molecular weight excluding hydrogens is 272 g/mol. The number of aromatic nitrogens is 4. The van der Waals surface area contributed by atoms with Gasteiger partial charge in [0.05, 0.1) is 12.9 Å². The van der Waals surface area contributed by atoms with Gasteiger partial charge >= 0.3 is 5.69 Å². The number of hydrogen-bond acceptors (Lipinski definition) is 7. The van der Waals surface area contributed by atoms with Gasteiger partial charge in [0.1, 0.15) is 24.0 Å². The van der Waals surface area contributed by atoms with Gasteiger partial charge in [-0.15, -0.1) is 0 Å². The molecule has 10 nitrogen and oxygen atoms in total. The molecule has 0 aliphatic carbocycles. The molecule has 5 N–H and O–H groups in total. The summed E-state index contributed by atoms with van der Waals surface area (Å²) in [4.78, 5) is 31.1. The third-order valence-corrected chi connectivity index (χ3v) is 3.26. The van der Waals surface area contributed by atoms with E-state index in [1.165, 1.54) is 10.9 Å². The number of nitrogens with zero attached hydrogens (tertiary/aromatic N) is 2. The highest BCUT2D eigenvalue weighted by molar-refractivity contribution is 5.68. The Balaban J connectivity index is 2.12. The summed E-state index contributed by atoms with van der Waals surface area (Å²) in [7, 11) is 0. The molecule has 4 atom stereocenters. The smallest absolute Gasteiger partial charge is 0.327 e. The SMILES string of the molecule is O=c1[nH]c(=O)c2ncn([C@@H]3O[C@H](CO)C(O)[C@H]3O)c2[nH]1. The van der Waals surface area contributed by atoms with Gasteiger partial charge in [0.15, 0.2) is 11.7 Å². The molecule has 0 saturated carbocycles. The second-order valence-electron chi connectivity index (χ2n) is 4.49. The summed E-state index contributed by atoms with van der Waals surface area (Å²) in [6.45, 7) is -0.474. The zero-order valence-corrected chi connectivity index (χ0v) is 10.1. The van der Waals surface area contributed by atoms with Crippen molar-refractivity contribution in [3.05, 3.63) is 27.2 Å². The van der Waals surface area contributed by atoms with Gasteiger partial charge in [-0.05, 0) is 0 Å². The van der Waals surface area contributed by atoms with Crippen LogP contribution in [0.2, 0.25) is 0 Å². The van der Waals surface area contributed by atoms with Crippen LogP contribution in [0.5, 0.6) is 0 Å². The molecular formula is C10H12N4O6. The van der Waals surface area contributed by atoms with Gasteiger partial charge in [-0.2, -0.15) is 0 Å². The fraction of sp³-hybridized carbons (Fsp3) is 0.500. The molecule has 0 aromatic carbocycles. The zero-order chi connectivity index (χ0) is 14.4. The van der Waals surface area contributed by atoms with E-state index in [0.29, 0.717) is 0 Å². The van der Waals surface area contributed by atoms with E-state index in [4.69, 9.17) is 9.84 Å². The number of aliphatic hydroxyl groups excluding tert-OH is 3. The Hall–Kier alpha value is -2.01. The van der Waals surface area contributed by atoms with E-state index >= 15 is 0 Å². The number of hydrogen-bond donors (Lipinski definition) is 5. The largest absolute Gasteiger partial charge is 0.394 e. The Morgan fingerprint density at radius 3 is 2.70 bits per heavy atom. The Bertz CT molecular complexity index is 748. The van der Waals surface area contributed by atoms with Crippen LogP contribution in [0.3, 0.4) is 0 Å². The number of rotatable bonds is 2. The van der Waals surface area contributed by atoms with Crippen LogP contribution >= 0.6 is 0 Å². The van der Waals surface area contributed by atoms with E-state index in [1.54, 1.807) is 0 Å². The van der Waals surface area contributed by atoms with Crippen LogP contribution < -0.4 is 11.2 Å². The Morgan fingerprint density at radius 2 is 2.05 bits per heavy atom. The monoisotopic (exact) mass is 284 g/mol. The highest BCUT2D eigenvalue weighted by Crippen LogP contribution is 2.30. The van der Waals surface area contributed by atoms with E-state index in [2.05, 4.69) is 9.97 Å². The van der Waals surface area contributed by atoms with Crippen molar-refractivity contribution >= 4 is 11.2 Å². The lowest BCUT2D eigenvalue weighted by Crippen LogP contribution is -2.33. The average molecular weight is 284 g/mol. The van der Waals surface area contributed by atoms with Gasteiger partial charge in [-0.1, -0.05) is 0 Å². The molecule has 20 heavy (non-hydrogen) atoms. The topological polar surface area (TPSA) is 153 Å². The number of aromatic amines is 2. The number of H-pyrrole nitrogens is 2. The van der Waals surface area contributed by atoms with Crippen molar-refractivity contribution < 1.29 is 20.1 Å². The average Bonchev–Trinajstić information content (AvgIpc) is 2.93. The van der Waals surface area contributed by atoms with Crippen LogP contribution in [0.15, 0.2) is 15.9 Å². The molecule has 3 heterocycles. The van der Waals surface area contributed by atoms with Crippen LogP contribution in [-0.4, -0.2) is 59.8 Å². The first kappa shape index (κ1) is 13.0. The second-order valence-corrected chi connectivity index (χ2v) is 4.49. The first-order chi connectivity index (χ1) is 9.52. The highest BCUT2D eigenvalue weighted by atomic mass is 16.6. The van der Waals surface area contributed by atoms with Crippen molar-refractivity contribution in [1.82, 2.24) is 19.5 Å². The van der Waals surface area contributed by atoms with E-state index in [1.807, 2.05) is 4.98 Å². The van der Waals surface area contributed by atoms with Crippen LogP contribution in [-0.2, 0) is 4.74 Å². The molecule has 2 aromatic heterocycles. The van der Waals surface area contributed by atoms with Gasteiger partial charge in [-0.3, -0.25) is 19.3 Å². The Kier molecular flexibility index (Phi) is 2.94. The predicted octanol–water partition coefficient (Wildman–Crippen LogP) is -2.98. The van der Waals surface area contributed by atoms with Crippen molar-refractivity contribution in [2.75, 3.05) is 6.61 Å². The minimum absolute atomic E-state index is 0.0256. The van der Waals surface area contributed by atoms with Gasteiger partial charge in [0.25, 0.3) is 5.56 Å². The molecule has 0 spiro atoms. The van der Waals surface area contributed by atoms with Gasteiger partial charge in [0.2, 0.25) is 0 Å². The van der Waals surface area contributed by atoms with E-state index in [9.17, 15) is 19.8 Å². The summed E-state index contributed by atoms with van der Waals surface area (Å²) in [5, 5.41) is 28.7. The molecule has 1 unspecified atom stereocenters. The van der Waals surface area contributed by atoms with E-state index < -0.39 is 42.4 Å². The van der Waals surface area contributed by atoms with Gasteiger partial charge in [-0.25, -0.2) is 9.78 Å². The number of nitrogens with one attached hydrogen (secondary N) is 2. The Morgan fingerprint density at radius 1 is 1.30 bits per heavy atom. The van der Waals surface area contributed by atoms with Gasteiger partial charge in [0, 0.05) is 0 Å². The summed E-state index contributed by atoms with van der Waals surface area (Å²) in [5.74, 6) is 0. The maximum atomic E-state index is 11.6. The van der Waals surface area contributed by atoms with Crippen molar-refractivity contribution in [3.8, 4) is 0 Å². The summed E-state index contributed by atoms with van der Waals surface area (Å²) < 4.78 is 6.54. The standard InChI is InChI=1S/C10H12N4O6/c15-1-3-5(16)6(17)9(20-3)14-2-11-4-7(14)12-10(19)13-8(4)18/h2-3,5-6,9,15-17H,1H2,(H2,12,13,18,19)/t3-,5?,6-,9-/m1/s1. The molecule has 1 aliphatic rings. The molecule has 1 aliphatic heterocycles. The maximum absolute atomic E-state index is 11.6. The van der Waals surface area contributed by atoms with Crippen molar-refractivity contribution in [3.63, 3.8) is 0 Å². The molecule has 1 saturated heterocycles. The fourth-order valence-corrected chi connectivity index (χ4v) is 2.25. The molecule has 0 bridgehead atoms. The lowest BCUT2D eigenvalue weighted by Gasteiger charge is -2.16. The summed E-state index contributed by atoms with van der Waals surface area (Å²) in [6, 6.07) is 0. The molecule has 0 radical (unpaired) electrons. The third kappa shape index (κ3) is 1.78. The summed E-state index contributed by atoms with van der Waals surface area (Å²) >= 11 is 0. The normalized spacial score (nSPS) is 30.1. The first-order valence-corrected chi connectivity index (χ1v) is 5.84. The van der Waals surface area contributed by atoms with E-state index in [-0.39, 0.29) is 11.2 Å². The quantitative estimate of drug-likeness (QED) is 0.394. The molecule has 108 valence electrons. The molecule has 0 amide bonds. The van der Waals surface area contributed by atoms with Crippen LogP contribution in [0.25, 0.3) is 11.2 Å². The molecule has 10 heteroatoms. The zero-order valence-electron chi connectivity index (χ0n) is 10.1. The van der Waals surface area contributed by atoms with Crippen LogP contribution in [0, 0.1) is 0 Å². The molecule has 2 aromatic rings. The maximum Gasteiger partial charge on any atom is 0.327 e. The van der Waals surface area contributed by atoms with Crippen molar-refractivity contribution in [2.24, 2.45) is 0 Å². The van der Waals surface area contributed by atoms with E-state index in [0.717, 1.165) is 0 Å². The number of fused-ring (bicyclic) bond motifs is 1. The van der Waals surface area contributed by atoms with Crippen LogP contribution in [0.1, 0.15) is 6.23 Å². The second kappa shape index (κ2) is 4.52. The number of aliphatic hydroxyl groups is 3. The first-order valence-electron chi connectivity index (χ1n) is 5.84. The Labute approximate surface area is 110 Å². The number of ether oxygens (including phenoxy) is 1. The van der Waals surface area contributed by atoms with Gasteiger partial charge < -0.3 is 20.1 Å². The minimum Gasteiger partial charge on any atom is -0.394 e. The third-order valence-electron chi connectivity index (χ3n) is 3.26. The lowest BCUT2D eigenvalue weighted by atomic mass is 10.1. The van der Waals surface area contributed by atoms with Crippen LogP contribution in [0.4, 0.5) is 0 Å².